The number of fused-ring (bicyclic) bond motifs is 1. The van der Waals surface area contributed by atoms with Crippen LogP contribution in [0.3, 0.4) is 0 Å². The third-order valence-corrected chi connectivity index (χ3v) is 7.68. The van der Waals surface area contributed by atoms with E-state index in [9.17, 15) is 14.4 Å². The fraction of sp³-hybridized carbons (Fsp3) is 0.400. The Balaban J connectivity index is 1.77. The Kier molecular flexibility index (Phi) is 6.40. The average Bonchev–Trinajstić information content (AvgIpc) is 3.28. The predicted octanol–water partition coefficient (Wildman–Crippen LogP) is 3.22. The molecule has 32 heavy (non-hydrogen) atoms. The number of benzene rings is 2. The van der Waals surface area contributed by atoms with Gasteiger partial charge >= 0.3 is 5.97 Å². The van der Waals surface area contributed by atoms with Crippen LogP contribution in [0.2, 0.25) is 0 Å². The van der Waals surface area contributed by atoms with Gasteiger partial charge in [0, 0.05) is 24.4 Å². The summed E-state index contributed by atoms with van der Waals surface area (Å²) in [6.07, 6.45) is 1.35. The lowest BCUT2D eigenvalue weighted by Gasteiger charge is -2.32. The van der Waals surface area contributed by atoms with E-state index in [0.29, 0.717) is 0 Å². The van der Waals surface area contributed by atoms with Crippen LogP contribution >= 0.6 is 11.8 Å². The number of carbonyl (C=O) groups excluding carboxylic acids is 3. The first-order chi connectivity index (χ1) is 15.4. The molecular weight excluding hydrogens is 424 g/mol. The van der Waals surface area contributed by atoms with E-state index < -0.39 is 29.4 Å². The molecule has 2 aromatic carbocycles. The molecule has 2 fully saturated rings. The minimum atomic E-state index is -1.32. The maximum atomic E-state index is 13.2. The summed E-state index contributed by atoms with van der Waals surface area (Å²) in [7, 11) is 2.82. The van der Waals surface area contributed by atoms with Crippen molar-refractivity contribution in [2.24, 2.45) is 11.8 Å². The van der Waals surface area contributed by atoms with Crippen molar-refractivity contribution >= 4 is 29.5 Å². The van der Waals surface area contributed by atoms with Gasteiger partial charge in [-0.3, -0.25) is 24.6 Å². The molecule has 2 saturated heterocycles. The van der Waals surface area contributed by atoms with Crippen LogP contribution in [0.5, 0.6) is 0 Å². The molecule has 0 bridgehead atoms. The van der Waals surface area contributed by atoms with E-state index in [1.54, 1.807) is 11.8 Å². The summed E-state index contributed by atoms with van der Waals surface area (Å²) < 4.78 is 5.20. The maximum absolute atomic E-state index is 13.2. The Morgan fingerprint density at radius 3 is 2.41 bits per heavy atom. The van der Waals surface area contributed by atoms with Crippen LogP contribution in [-0.4, -0.2) is 48.1 Å². The zero-order valence-corrected chi connectivity index (χ0v) is 19.4. The maximum Gasteiger partial charge on any atom is 0.327 e. The molecule has 2 heterocycles. The number of nitrogens with one attached hydrogen (secondary N) is 1. The van der Waals surface area contributed by atoms with Crippen LogP contribution in [0.4, 0.5) is 0 Å². The Morgan fingerprint density at radius 2 is 1.78 bits per heavy atom. The lowest BCUT2D eigenvalue weighted by molar-refractivity contribution is -0.153. The molecule has 6 nitrogen and oxygen atoms in total. The summed E-state index contributed by atoms with van der Waals surface area (Å²) in [6, 6.07) is 17.1. The molecule has 0 saturated carbocycles. The molecule has 2 aromatic rings. The van der Waals surface area contributed by atoms with Gasteiger partial charge in [-0.2, -0.15) is 0 Å². The van der Waals surface area contributed by atoms with Gasteiger partial charge in [0.15, 0.2) is 0 Å². The zero-order chi connectivity index (χ0) is 22.9. The summed E-state index contributed by atoms with van der Waals surface area (Å²) in [5.74, 6) is -1.58. The highest BCUT2D eigenvalue weighted by molar-refractivity contribution is 7.99. The normalized spacial score (nSPS) is 27.0. The summed E-state index contributed by atoms with van der Waals surface area (Å²) in [6.45, 7) is 2.14. The lowest BCUT2D eigenvalue weighted by Crippen LogP contribution is -2.57. The Labute approximate surface area is 192 Å². The molecule has 4 rings (SSSR count). The first kappa shape index (κ1) is 22.6. The van der Waals surface area contributed by atoms with E-state index in [1.807, 2.05) is 54.6 Å². The minimum Gasteiger partial charge on any atom is -0.468 e. The third-order valence-electron chi connectivity index (χ3n) is 6.46. The molecule has 168 valence electrons. The van der Waals surface area contributed by atoms with E-state index in [0.717, 1.165) is 33.1 Å². The fourth-order valence-corrected chi connectivity index (χ4v) is 5.72. The number of hydrogen-bond acceptors (Lipinski definition) is 6. The van der Waals surface area contributed by atoms with Crippen LogP contribution in [0.1, 0.15) is 30.5 Å². The number of likely N-dealkylation sites (tertiary alicyclic amines) is 1. The molecule has 2 aliphatic heterocycles. The standard InChI is InChI=1S/C25H28N2O4S/c1-4-14-32-18-12-10-17(11-13-18)21-19-20(23(29)27(2)22(19)28)25(26-21,24(30)31-3)15-16-8-6-5-7-9-16/h5-13,19-21,26H,4,14-15H2,1-3H3/t19?,20?,21?,25-/m1/s1. The van der Waals surface area contributed by atoms with Crippen molar-refractivity contribution < 1.29 is 19.1 Å². The van der Waals surface area contributed by atoms with Crippen molar-refractivity contribution in [2.75, 3.05) is 19.9 Å². The van der Waals surface area contributed by atoms with Crippen LogP contribution in [0.15, 0.2) is 59.5 Å². The number of rotatable bonds is 7. The molecule has 2 amide bonds. The molecule has 0 aromatic heterocycles. The van der Waals surface area contributed by atoms with Gasteiger partial charge < -0.3 is 4.74 Å². The minimum absolute atomic E-state index is 0.259. The molecule has 1 N–H and O–H groups in total. The number of imide groups is 1. The second-order valence-electron chi connectivity index (χ2n) is 8.40. The molecule has 0 spiro atoms. The SMILES string of the molecule is CCCSc1ccc(C2N[C@@](Cc3ccccc3)(C(=O)OC)C3C(=O)N(C)C(=O)C23)cc1. The second-order valence-corrected chi connectivity index (χ2v) is 9.57. The Bertz CT molecular complexity index is 1010. The van der Waals surface area contributed by atoms with Gasteiger partial charge in [0.1, 0.15) is 5.54 Å². The fourth-order valence-electron chi connectivity index (χ4n) is 4.95. The highest BCUT2D eigenvalue weighted by atomic mass is 32.2. The van der Waals surface area contributed by atoms with Gasteiger partial charge in [-0.25, -0.2) is 0 Å². The van der Waals surface area contributed by atoms with Gasteiger partial charge in [0.05, 0.1) is 18.9 Å². The van der Waals surface area contributed by atoms with E-state index in [1.165, 1.54) is 14.2 Å². The second kappa shape index (κ2) is 9.08. The predicted molar refractivity (Wildman–Crippen MR) is 123 cm³/mol. The van der Waals surface area contributed by atoms with Crippen molar-refractivity contribution in [1.82, 2.24) is 10.2 Å². The van der Waals surface area contributed by atoms with Gasteiger partial charge in [-0.05, 0) is 35.4 Å². The van der Waals surface area contributed by atoms with E-state index in [4.69, 9.17) is 4.74 Å². The smallest absolute Gasteiger partial charge is 0.327 e. The van der Waals surface area contributed by atoms with Crippen molar-refractivity contribution in [1.29, 1.82) is 0 Å². The van der Waals surface area contributed by atoms with Crippen LogP contribution in [0, 0.1) is 11.8 Å². The van der Waals surface area contributed by atoms with E-state index in [-0.39, 0.29) is 18.2 Å². The molecule has 3 unspecified atom stereocenters. The summed E-state index contributed by atoms with van der Waals surface area (Å²) in [4.78, 5) is 41.9. The number of esters is 1. The first-order valence-electron chi connectivity index (χ1n) is 10.9. The summed E-state index contributed by atoms with van der Waals surface area (Å²) in [5.41, 5.74) is 0.459. The summed E-state index contributed by atoms with van der Waals surface area (Å²) >= 11 is 1.78. The first-order valence-corrected chi connectivity index (χ1v) is 11.9. The monoisotopic (exact) mass is 452 g/mol. The molecule has 0 radical (unpaired) electrons. The topological polar surface area (TPSA) is 75.7 Å². The average molecular weight is 453 g/mol. The van der Waals surface area contributed by atoms with Gasteiger partial charge in [-0.15, -0.1) is 11.8 Å². The molecule has 7 heteroatoms. The van der Waals surface area contributed by atoms with Crippen molar-refractivity contribution in [3.05, 3.63) is 65.7 Å². The van der Waals surface area contributed by atoms with Crippen molar-refractivity contribution in [2.45, 2.75) is 36.2 Å². The quantitative estimate of drug-likeness (QED) is 0.395. The number of methoxy groups -OCH3 is 1. The highest BCUT2D eigenvalue weighted by Crippen LogP contribution is 2.50. The van der Waals surface area contributed by atoms with Crippen LogP contribution in [0.25, 0.3) is 0 Å². The van der Waals surface area contributed by atoms with Crippen LogP contribution in [-0.2, 0) is 25.5 Å². The van der Waals surface area contributed by atoms with Gasteiger partial charge in [0.25, 0.3) is 0 Å². The highest BCUT2D eigenvalue weighted by Gasteiger charge is 2.68. The van der Waals surface area contributed by atoms with Crippen LogP contribution < -0.4 is 5.32 Å². The Morgan fingerprint density at radius 1 is 1.09 bits per heavy atom. The summed E-state index contributed by atoms with van der Waals surface area (Å²) in [5, 5.41) is 3.42. The third kappa shape index (κ3) is 3.73. The largest absolute Gasteiger partial charge is 0.468 e. The number of hydrogen-bond donors (Lipinski definition) is 1. The van der Waals surface area contributed by atoms with Crippen molar-refractivity contribution in [3.63, 3.8) is 0 Å². The number of ether oxygens (including phenoxy) is 1. The molecule has 0 aliphatic carbocycles. The van der Waals surface area contributed by atoms with E-state index >= 15 is 0 Å². The molecular formula is C25H28N2O4S. The number of nitrogens with zero attached hydrogens (tertiary/aromatic N) is 1. The number of carbonyl (C=O) groups is 3. The van der Waals surface area contributed by atoms with Gasteiger partial charge in [-0.1, -0.05) is 49.4 Å². The molecule has 2 aliphatic rings. The zero-order valence-electron chi connectivity index (χ0n) is 18.5. The van der Waals surface area contributed by atoms with Gasteiger partial charge in [0.2, 0.25) is 11.8 Å². The lowest BCUT2D eigenvalue weighted by atomic mass is 9.76. The Hall–Kier alpha value is -2.64. The number of thioether (sulfide) groups is 1. The van der Waals surface area contributed by atoms with E-state index in [2.05, 4.69) is 12.2 Å². The number of amides is 2. The van der Waals surface area contributed by atoms with Crippen molar-refractivity contribution in [3.8, 4) is 0 Å². The molecule has 4 atom stereocenters.